The average Bonchev–Trinajstić information content (AvgIpc) is 2.69. The Morgan fingerprint density at radius 2 is 2.43 bits per heavy atom. The third-order valence-electron chi connectivity index (χ3n) is 2.13. The van der Waals surface area contributed by atoms with Crippen LogP contribution < -0.4 is 5.32 Å². The molecule has 1 saturated heterocycles. The molecule has 4 nitrogen and oxygen atoms in total. The van der Waals surface area contributed by atoms with E-state index in [0.29, 0.717) is 10.2 Å². The van der Waals surface area contributed by atoms with Crippen LogP contribution in [0.4, 0.5) is 0 Å². The first kappa shape index (κ1) is 10.0. The maximum absolute atomic E-state index is 11.9. The Balaban J connectivity index is 2.17. The Labute approximate surface area is 89.6 Å². The molecular weight excluding hydrogens is 222 g/mol. The highest BCUT2D eigenvalue weighted by molar-refractivity contribution is 7.85. The van der Waals surface area contributed by atoms with Crippen LogP contribution >= 0.6 is 11.6 Å². The van der Waals surface area contributed by atoms with Crippen molar-refractivity contribution in [2.75, 3.05) is 13.1 Å². The molecule has 14 heavy (non-hydrogen) atoms. The molecule has 0 saturated carbocycles. The summed E-state index contributed by atoms with van der Waals surface area (Å²) >= 11 is 5.69. The molecule has 0 aromatic carbocycles. The van der Waals surface area contributed by atoms with Crippen molar-refractivity contribution in [3.63, 3.8) is 0 Å². The van der Waals surface area contributed by atoms with Gasteiger partial charge < -0.3 is 5.32 Å². The highest BCUT2D eigenvalue weighted by Gasteiger charge is 2.23. The Hall–Kier alpha value is -0.520. The van der Waals surface area contributed by atoms with Crippen LogP contribution in [0.5, 0.6) is 0 Å². The van der Waals surface area contributed by atoms with Gasteiger partial charge in [-0.2, -0.15) is 0 Å². The second-order valence-corrected chi connectivity index (χ2v) is 5.16. The van der Waals surface area contributed by atoms with Crippen LogP contribution in [0.3, 0.4) is 0 Å². The summed E-state index contributed by atoms with van der Waals surface area (Å²) in [6, 6.07) is 1.57. The minimum atomic E-state index is -1.07. The van der Waals surface area contributed by atoms with Crippen LogP contribution in [0, 0.1) is 0 Å². The van der Waals surface area contributed by atoms with Crippen LogP contribution in [0.1, 0.15) is 6.42 Å². The molecule has 0 unspecified atom stereocenters. The Bertz CT molecular complexity index is 354. The van der Waals surface area contributed by atoms with E-state index >= 15 is 0 Å². The van der Waals surface area contributed by atoms with Crippen LogP contribution in [-0.4, -0.2) is 32.5 Å². The Morgan fingerprint density at radius 1 is 1.57 bits per heavy atom. The van der Waals surface area contributed by atoms with Crippen LogP contribution in [-0.2, 0) is 10.8 Å². The van der Waals surface area contributed by atoms with Crippen molar-refractivity contribution in [1.29, 1.82) is 0 Å². The van der Waals surface area contributed by atoms with Gasteiger partial charge in [0.15, 0.2) is 0 Å². The van der Waals surface area contributed by atoms with Gasteiger partial charge in [0.25, 0.3) is 0 Å². The number of hydrogen-bond acceptors (Lipinski definition) is 4. The molecule has 0 spiro atoms. The first-order chi connectivity index (χ1) is 6.77. The van der Waals surface area contributed by atoms with Gasteiger partial charge in [-0.15, -0.1) is 0 Å². The molecule has 1 N–H and O–H groups in total. The number of hydrogen-bond donors (Lipinski definition) is 1. The van der Waals surface area contributed by atoms with Gasteiger partial charge in [-0.05, 0) is 13.0 Å². The molecule has 2 rings (SSSR count). The molecule has 0 bridgehead atoms. The van der Waals surface area contributed by atoms with E-state index in [-0.39, 0.29) is 5.25 Å². The first-order valence-corrected chi connectivity index (χ1v) is 5.95. The van der Waals surface area contributed by atoms with E-state index in [0.717, 1.165) is 19.5 Å². The van der Waals surface area contributed by atoms with Crippen molar-refractivity contribution in [2.24, 2.45) is 0 Å². The molecule has 0 aliphatic carbocycles. The van der Waals surface area contributed by atoms with E-state index in [2.05, 4.69) is 15.3 Å². The van der Waals surface area contributed by atoms with Gasteiger partial charge in [0.1, 0.15) is 16.5 Å². The summed E-state index contributed by atoms with van der Waals surface area (Å²) in [6.45, 7) is 1.71. The summed E-state index contributed by atoms with van der Waals surface area (Å²) in [5.41, 5.74) is 0. The lowest BCUT2D eigenvalue weighted by Gasteiger charge is -2.06. The van der Waals surface area contributed by atoms with Gasteiger partial charge in [0, 0.05) is 12.6 Å². The molecule has 6 heteroatoms. The molecular formula is C8H10ClN3OS. The van der Waals surface area contributed by atoms with Gasteiger partial charge in [0.05, 0.1) is 16.0 Å². The maximum Gasteiger partial charge on any atom is 0.133 e. The summed E-state index contributed by atoms with van der Waals surface area (Å²) in [6.07, 6.45) is 2.27. The smallest absolute Gasteiger partial charge is 0.133 e. The van der Waals surface area contributed by atoms with Gasteiger partial charge in [0.2, 0.25) is 0 Å². The number of aromatic nitrogens is 2. The normalized spacial score (nSPS) is 23.6. The van der Waals surface area contributed by atoms with Crippen molar-refractivity contribution < 1.29 is 4.21 Å². The molecule has 1 aromatic rings. The van der Waals surface area contributed by atoms with E-state index in [1.807, 2.05) is 0 Å². The predicted octanol–water partition coefficient (Wildman–Crippen LogP) is 0.599. The van der Waals surface area contributed by atoms with Gasteiger partial charge >= 0.3 is 0 Å². The fraction of sp³-hybridized carbons (Fsp3) is 0.500. The molecule has 1 aliphatic heterocycles. The van der Waals surface area contributed by atoms with Gasteiger partial charge in [-0.25, -0.2) is 9.97 Å². The summed E-state index contributed by atoms with van der Waals surface area (Å²) < 4.78 is 11.9. The highest BCUT2D eigenvalue weighted by Crippen LogP contribution is 2.15. The molecule has 1 fully saturated rings. The average molecular weight is 232 g/mol. The van der Waals surface area contributed by atoms with E-state index < -0.39 is 10.8 Å². The molecule has 76 valence electrons. The Morgan fingerprint density at radius 3 is 3.07 bits per heavy atom. The highest BCUT2D eigenvalue weighted by atomic mass is 35.5. The van der Waals surface area contributed by atoms with Crippen molar-refractivity contribution >= 4 is 22.4 Å². The molecule has 2 heterocycles. The molecule has 0 amide bonds. The van der Waals surface area contributed by atoms with E-state index in [4.69, 9.17) is 11.6 Å². The van der Waals surface area contributed by atoms with E-state index in [1.165, 1.54) is 6.33 Å². The third-order valence-corrected chi connectivity index (χ3v) is 3.98. The quantitative estimate of drug-likeness (QED) is 0.758. The summed E-state index contributed by atoms with van der Waals surface area (Å²) in [7, 11) is -1.07. The number of halogens is 1. The second kappa shape index (κ2) is 4.33. The largest absolute Gasteiger partial charge is 0.315 e. The predicted molar refractivity (Wildman–Crippen MR) is 54.7 cm³/mol. The van der Waals surface area contributed by atoms with Crippen molar-refractivity contribution in [2.45, 2.75) is 16.7 Å². The zero-order valence-corrected chi connectivity index (χ0v) is 9.01. The number of nitrogens with one attached hydrogen (secondary N) is 1. The van der Waals surface area contributed by atoms with Gasteiger partial charge in [-0.3, -0.25) is 4.21 Å². The minimum absolute atomic E-state index is 0.154. The SMILES string of the molecule is O=[S@@](c1cc(Cl)ncn1)[C@@H]1CCNC1. The van der Waals surface area contributed by atoms with Crippen LogP contribution in [0.15, 0.2) is 17.4 Å². The molecule has 1 aliphatic rings. The molecule has 0 radical (unpaired) electrons. The fourth-order valence-electron chi connectivity index (χ4n) is 1.41. The molecule has 2 atom stereocenters. The first-order valence-electron chi connectivity index (χ1n) is 4.36. The van der Waals surface area contributed by atoms with Crippen molar-refractivity contribution in [1.82, 2.24) is 15.3 Å². The number of rotatable bonds is 2. The Kier molecular flexibility index (Phi) is 3.10. The lowest BCUT2D eigenvalue weighted by Crippen LogP contribution is -2.19. The van der Waals surface area contributed by atoms with Crippen LogP contribution in [0.2, 0.25) is 5.15 Å². The maximum atomic E-state index is 11.9. The lowest BCUT2D eigenvalue weighted by atomic mass is 10.4. The van der Waals surface area contributed by atoms with Gasteiger partial charge in [-0.1, -0.05) is 11.6 Å². The molecule has 1 aromatic heterocycles. The second-order valence-electron chi connectivity index (χ2n) is 3.09. The standard InChI is InChI=1S/C8H10ClN3OS/c9-7-3-8(12-5-11-7)14(13)6-1-2-10-4-6/h3,5-6,10H,1-2,4H2/t6-,14-/m1/s1. The summed E-state index contributed by atoms with van der Waals surface area (Å²) in [4.78, 5) is 7.71. The van der Waals surface area contributed by atoms with Crippen molar-refractivity contribution in [3.05, 3.63) is 17.5 Å². The zero-order chi connectivity index (χ0) is 9.97. The van der Waals surface area contributed by atoms with E-state index in [1.54, 1.807) is 6.07 Å². The minimum Gasteiger partial charge on any atom is -0.315 e. The lowest BCUT2D eigenvalue weighted by molar-refractivity contribution is 0.669. The van der Waals surface area contributed by atoms with E-state index in [9.17, 15) is 4.21 Å². The summed E-state index contributed by atoms with van der Waals surface area (Å²) in [5, 5.41) is 4.19. The summed E-state index contributed by atoms with van der Waals surface area (Å²) in [5.74, 6) is 0. The van der Waals surface area contributed by atoms with Crippen molar-refractivity contribution in [3.8, 4) is 0 Å². The third kappa shape index (κ3) is 2.10. The van der Waals surface area contributed by atoms with Crippen LogP contribution in [0.25, 0.3) is 0 Å². The fourth-order valence-corrected chi connectivity index (χ4v) is 2.94. The topological polar surface area (TPSA) is 54.9 Å². The zero-order valence-electron chi connectivity index (χ0n) is 7.44. The monoisotopic (exact) mass is 231 g/mol. The number of nitrogens with zero attached hydrogens (tertiary/aromatic N) is 2.